The smallest absolute Gasteiger partial charge is 0.255 e. The molecule has 0 atom stereocenters. The second-order valence-electron chi connectivity index (χ2n) is 11.3. The minimum atomic E-state index is -3.69. The Morgan fingerprint density at radius 1 is 0.841 bits per heavy atom. The van der Waals surface area contributed by atoms with E-state index < -0.39 is 10.0 Å². The van der Waals surface area contributed by atoms with E-state index in [1.807, 2.05) is 36.4 Å². The number of halogens is 1. The lowest BCUT2D eigenvalue weighted by atomic mass is 9.96. The summed E-state index contributed by atoms with van der Waals surface area (Å²) in [5.41, 5.74) is 3.35. The van der Waals surface area contributed by atoms with Crippen LogP contribution in [0.25, 0.3) is 0 Å². The van der Waals surface area contributed by atoms with Crippen LogP contribution < -0.4 is 10.1 Å². The molecule has 0 bridgehead atoms. The van der Waals surface area contributed by atoms with Crippen LogP contribution in [0, 0.1) is 5.92 Å². The van der Waals surface area contributed by atoms with Crippen LogP contribution in [0.3, 0.4) is 0 Å². The summed E-state index contributed by atoms with van der Waals surface area (Å²) in [4.78, 5) is 15.4. The third-order valence-corrected chi connectivity index (χ3v) is 10.3. The Bertz CT molecular complexity index is 1600. The second kappa shape index (κ2) is 14.5. The molecule has 0 aromatic heterocycles. The SMILES string of the molecule is CC(C)CCOc1ccc(C(=O)Nc2ccc(S(=O)(=O)N3CCN(C(c4ccccc4)c4ccccc4)CC3)cc2)cc1Br. The maximum Gasteiger partial charge on any atom is 0.255 e. The standard InChI is InChI=1S/C35H38BrN3O4S/c1-26(2)19-24-43-33-18-13-29(25-32(33)36)35(40)37-30-14-16-31(17-15-30)44(41,42)39-22-20-38(21-23-39)34(27-9-5-3-6-10-27)28-11-7-4-8-12-28/h3-18,25-26,34H,19-24H2,1-2H3,(H,37,40). The van der Waals surface area contributed by atoms with Gasteiger partial charge in [-0.2, -0.15) is 4.31 Å². The molecule has 1 heterocycles. The lowest BCUT2D eigenvalue weighted by Gasteiger charge is -2.39. The Labute approximate surface area is 269 Å². The highest BCUT2D eigenvalue weighted by molar-refractivity contribution is 9.10. The Hall–Kier alpha value is -3.50. The molecule has 0 saturated carbocycles. The number of sulfonamides is 1. The molecular weight excluding hydrogens is 638 g/mol. The number of benzene rings is 4. The van der Waals surface area contributed by atoms with Crippen molar-refractivity contribution >= 4 is 37.5 Å². The summed E-state index contributed by atoms with van der Waals surface area (Å²) in [6, 6.07) is 32.3. The van der Waals surface area contributed by atoms with E-state index in [9.17, 15) is 13.2 Å². The summed E-state index contributed by atoms with van der Waals surface area (Å²) in [5.74, 6) is 0.939. The number of nitrogens with one attached hydrogen (secondary N) is 1. The van der Waals surface area contributed by atoms with Gasteiger partial charge in [0.15, 0.2) is 0 Å². The van der Waals surface area contributed by atoms with Gasteiger partial charge in [-0.15, -0.1) is 0 Å². The fourth-order valence-electron chi connectivity index (χ4n) is 5.31. The Balaban J connectivity index is 1.21. The van der Waals surface area contributed by atoms with Gasteiger partial charge in [-0.25, -0.2) is 8.42 Å². The highest BCUT2D eigenvalue weighted by Crippen LogP contribution is 2.31. The van der Waals surface area contributed by atoms with Crippen molar-refractivity contribution in [2.45, 2.75) is 31.2 Å². The van der Waals surface area contributed by atoms with Crippen molar-refractivity contribution in [1.82, 2.24) is 9.21 Å². The van der Waals surface area contributed by atoms with E-state index in [1.165, 1.54) is 11.1 Å². The van der Waals surface area contributed by atoms with Gasteiger partial charge in [-0.3, -0.25) is 9.69 Å². The van der Waals surface area contributed by atoms with Crippen molar-refractivity contribution in [2.24, 2.45) is 5.92 Å². The topological polar surface area (TPSA) is 78.9 Å². The number of carbonyl (C=O) groups is 1. The maximum absolute atomic E-state index is 13.5. The molecule has 1 fully saturated rings. The summed E-state index contributed by atoms with van der Waals surface area (Å²) >= 11 is 3.49. The number of rotatable bonds is 11. The zero-order chi connectivity index (χ0) is 31.1. The number of hydrogen-bond acceptors (Lipinski definition) is 5. The van der Waals surface area contributed by atoms with E-state index in [0.717, 1.165) is 6.42 Å². The molecular formula is C35H38BrN3O4S. The largest absolute Gasteiger partial charge is 0.492 e. The van der Waals surface area contributed by atoms with Gasteiger partial charge in [0.05, 0.1) is 22.0 Å². The van der Waals surface area contributed by atoms with Gasteiger partial charge in [0.2, 0.25) is 10.0 Å². The molecule has 1 N–H and O–H groups in total. The van der Waals surface area contributed by atoms with E-state index >= 15 is 0 Å². The van der Waals surface area contributed by atoms with Crippen molar-refractivity contribution in [1.29, 1.82) is 0 Å². The molecule has 9 heteroatoms. The minimum Gasteiger partial charge on any atom is -0.492 e. The van der Waals surface area contributed by atoms with Crippen molar-refractivity contribution in [3.63, 3.8) is 0 Å². The molecule has 7 nitrogen and oxygen atoms in total. The average molecular weight is 677 g/mol. The van der Waals surface area contributed by atoms with Crippen LogP contribution in [0.15, 0.2) is 112 Å². The van der Waals surface area contributed by atoms with Crippen LogP contribution in [0.2, 0.25) is 0 Å². The zero-order valence-corrected chi connectivity index (χ0v) is 27.4. The Kier molecular flexibility index (Phi) is 10.5. The monoisotopic (exact) mass is 675 g/mol. The molecule has 44 heavy (non-hydrogen) atoms. The van der Waals surface area contributed by atoms with Gasteiger partial charge in [0.25, 0.3) is 5.91 Å². The quantitative estimate of drug-likeness (QED) is 0.182. The molecule has 4 aromatic rings. The summed E-state index contributed by atoms with van der Waals surface area (Å²) in [6.07, 6.45) is 0.944. The average Bonchev–Trinajstić information content (AvgIpc) is 3.03. The van der Waals surface area contributed by atoms with E-state index in [4.69, 9.17) is 4.74 Å². The van der Waals surface area contributed by atoms with Gasteiger partial charge in [0.1, 0.15) is 5.75 Å². The molecule has 0 unspecified atom stereocenters. The normalized spacial score (nSPS) is 14.6. The van der Waals surface area contributed by atoms with Crippen LogP contribution in [0.1, 0.15) is 47.8 Å². The third kappa shape index (κ3) is 7.77. The van der Waals surface area contributed by atoms with Crippen LogP contribution in [0.4, 0.5) is 5.69 Å². The highest BCUT2D eigenvalue weighted by Gasteiger charge is 2.32. The number of carbonyl (C=O) groups excluding carboxylic acids is 1. The van der Waals surface area contributed by atoms with Gasteiger partial charge in [-0.1, -0.05) is 74.5 Å². The number of hydrogen-bond donors (Lipinski definition) is 1. The highest BCUT2D eigenvalue weighted by atomic mass is 79.9. The van der Waals surface area contributed by atoms with Crippen LogP contribution >= 0.6 is 15.9 Å². The zero-order valence-electron chi connectivity index (χ0n) is 25.0. The molecule has 0 spiro atoms. The summed E-state index contributed by atoms with van der Waals surface area (Å²) in [5, 5.41) is 2.85. The lowest BCUT2D eigenvalue weighted by Crippen LogP contribution is -2.49. The van der Waals surface area contributed by atoms with Crippen molar-refractivity contribution in [3.8, 4) is 5.75 Å². The minimum absolute atomic E-state index is 0.0550. The molecule has 0 aliphatic carbocycles. The number of nitrogens with zero attached hydrogens (tertiary/aromatic N) is 2. The first-order valence-electron chi connectivity index (χ1n) is 14.9. The van der Waals surface area contributed by atoms with Crippen molar-refractivity contribution in [3.05, 3.63) is 124 Å². The predicted molar refractivity (Wildman–Crippen MR) is 179 cm³/mol. The number of amides is 1. The van der Waals surface area contributed by atoms with Gasteiger partial charge < -0.3 is 10.1 Å². The predicted octanol–water partition coefficient (Wildman–Crippen LogP) is 7.22. The molecule has 0 radical (unpaired) electrons. The van der Waals surface area contributed by atoms with Crippen LogP contribution in [0.5, 0.6) is 5.75 Å². The number of anilines is 1. The Morgan fingerprint density at radius 2 is 1.43 bits per heavy atom. The first kappa shape index (κ1) is 31.9. The molecule has 1 aliphatic rings. The van der Waals surface area contributed by atoms with Crippen LogP contribution in [-0.2, 0) is 10.0 Å². The van der Waals surface area contributed by atoms with E-state index in [-0.39, 0.29) is 16.8 Å². The molecule has 1 saturated heterocycles. The summed E-state index contributed by atoms with van der Waals surface area (Å²) in [7, 11) is -3.69. The van der Waals surface area contributed by atoms with E-state index in [0.29, 0.717) is 60.2 Å². The lowest BCUT2D eigenvalue weighted by molar-refractivity contribution is 0.102. The molecule has 4 aromatic carbocycles. The fraction of sp³-hybridized carbons (Fsp3) is 0.286. The Morgan fingerprint density at radius 3 is 1.98 bits per heavy atom. The molecule has 1 amide bonds. The van der Waals surface area contributed by atoms with Gasteiger partial charge >= 0.3 is 0 Å². The van der Waals surface area contributed by atoms with Crippen LogP contribution in [-0.4, -0.2) is 56.3 Å². The number of ether oxygens (including phenoxy) is 1. The summed E-state index contributed by atoms with van der Waals surface area (Å²) in [6.45, 7) is 6.89. The van der Waals surface area contributed by atoms with E-state index in [1.54, 1.807) is 46.8 Å². The van der Waals surface area contributed by atoms with Crippen molar-refractivity contribution < 1.29 is 17.9 Å². The summed E-state index contributed by atoms with van der Waals surface area (Å²) < 4.78 is 35.1. The maximum atomic E-state index is 13.5. The van der Waals surface area contributed by atoms with Gasteiger partial charge in [0, 0.05) is 37.4 Å². The third-order valence-electron chi connectivity index (χ3n) is 7.77. The molecule has 230 valence electrons. The molecule has 1 aliphatic heterocycles. The van der Waals surface area contributed by atoms with E-state index in [2.05, 4.69) is 64.3 Å². The first-order valence-corrected chi connectivity index (χ1v) is 17.1. The second-order valence-corrected chi connectivity index (χ2v) is 14.1. The fourth-order valence-corrected chi connectivity index (χ4v) is 7.23. The first-order chi connectivity index (χ1) is 21.2. The van der Waals surface area contributed by atoms with Gasteiger partial charge in [-0.05, 0) is 81.9 Å². The van der Waals surface area contributed by atoms with Crippen molar-refractivity contribution in [2.75, 3.05) is 38.1 Å². The number of piperazine rings is 1. The molecule has 5 rings (SSSR count).